The Bertz CT molecular complexity index is 317. The summed E-state index contributed by atoms with van der Waals surface area (Å²) < 4.78 is 7.79. The van der Waals surface area contributed by atoms with Crippen LogP contribution in [0.2, 0.25) is 0 Å². The summed E-state index contributed by atoms with van der Waals surface area (Å²) in [5, 5.41) is 4.36. The third kappa shape index (κ3) is 1.63. The Morgan fingerprint density at radius 1 is 1.57 bits per heavy atom. The van der Waals surface area contributed by atoms with E-state index in [9.17, 15) is 0 Å². The number of nitrogens with zero attached hydrogens (tertiary/aromatic N) is 2. The lowest BCUT2D eigenvalue weighted by Gasteiger charge is -2.09. The van der Waals surface area contributed by atoms with E-state index < -0.39 is 0 Å². The van der Waals surface area contributed by atoms with Gasteiger partial charge >= 0.3 is 0 Å². The van der Waals surface area contributed by atoms with Gasteiger partial charge in [-0.3, -0.25) is 0 Å². The fraction of sp³-hybridized carbons (Fsp3) is 0.727. The first-order chi connectivity index (χ1) is 6.68. The lowest BCUT2D eigenvalue weighted by molar-refractivity contribution is 0.257. The summed E-state index contributed by atoms with van der Waals surface area (Å²) in [6, 6.07) is 0. The Balaban J connectivity index is 2.29. The van der Waals surface area contributed by atoms with Gasteiger partial charge in [0, 0.05) is 12.1 Å². The van der Waals surface area contributed by atoms with E-state index in [1.165, 1.54) is 5.56 Å². The van der Waals surface area contributed by atoms with Crippen molar-refractivity contribution in [1.29, 1.82) is 0 Å². The number of ether oxygens (including phenoxy) is 1. The molecular weight excluding hydrogens is 176 g/mol. The summed E-state index contributed by atoms with van der Waals surface area (Å²) in [4.78, 5) is 0. The summed E-state index contributed by atoms with van der Waals surface area (Å²) in [6.07, 6.45) is 3.10. The van der Waals surface area contributed by atoms with Crippen LogP contribution in [0, 0.1) is 5.92 Å². The minimum Gasteiger partial charge on any atom is -0.477 e. The standard InChI is InChI=1S/C11H18N2O/c1-8(2)10-6-12-13-5-4-9(3)7-14-11(10)13/h6,8-9H,4-5,7H2,1-3H3/t9-/m1/s1. The lowest BCUT2D eigenvalue weighted by atomic mass is 10.1. The molecule has 0 bridgehead atoms. The number of fused-ring (bicyclic) bond motifs is 1. The summed E-state index contributed by atoms with van der Waals surface area (Å²) in [6.45, 7) is 8.39. The molecule has 78 valence electrons. The molecule has 1 aromatic heterocycles. The third-order valence-corrected chi connectivity index (χ3v) is 2.78. The molecule has 0 fully saturated rings. The van der Waals surface area contributed by atoms with Gasteiger partial charge in [-0.1, -0.05) is 20.8 Å². The predicted molar refractivity (Wildman–Crippen MR) is 55.6 cm³/mol. The van der Waals surface area contributed by atoms with E-state index in [4.69, 9.17) is 4.74 Å². The van der Waals surface area contributed by atoms with E-state index >= 15 is 0 Å². The Kier molecular flexibility index (Phi) is 2.48. The van der Waals surface area contributed by atoms with E-state index in [0.29, 0.717) is 11.8 Å². The van der Waals surface area contributed by atoms with Gasteiger partial charge in [0.1, 0.15) is 0 Å². The topological polar surface area (TPSA) is 27.1 Å². The highest BCUT2D eigenvalue weighted by Gasteiger charge is 2.19. The van der Waals surface area contributed by atoms with Gasteiger partial charge in [0.15, 0.2) is 0 Å². The van der Waals surface area contributed by atoms with Crippen molar-refractivity contribution < 1.29 is 4.74 Å². The van der Waals surface area contributed by atoms with Crippen molar-refractivity contribution >= 4 is 0 Å². The summed E-state index contributed by atoms with van der Waals surface area (Å²) in [5.41, 5.74) is 1.24. The highest BCUT2D eigenvalue weighted by Crippen LogP contribution is 2.29. The van der Waals surface area contributed by atoms with Gasteiger partial charge in [0.2, 0.25) is 5.88 Å². The Morgan fingerprint density at radius 3 is 3.07 bits per heavy atom. The smallest absolute Gasteiger partial charge is 0.215 e. The predicted octanol–water partition coefficient (Wildman–Crippen LogP) is 2.43. The second-order valence-corrected chi connectivity index (χ2v) is 4.49. The van der Waals surface area contributed by atoms with Crippen LogP contribution < -0.4 is 4.74 Å². The van der Waals surface area contributed by atoms with Crippen molar-refractivity contribution in [3.05, 3.63) is 11.8 Å². The maximum Gasteiger partial charge on any atom is 0.215 e. The molecule has 0 saturated carbocycles. The van der Waals surface area contributed by atoms with Gasteiger partial charge < -0.3 is 4.74 Å². The molecular formula is C11H18N2O. The van der Waals surface area contributed by atoms with Gasteiger partial charge in [0.05, 0.1) is 12.8 Å². The van der Waals surface area contributed by atoms with Crippen LogP contribution in [0.1, 0.15) is 38.7 Å². The SMILES string of the molecule is CC(C)c1cnn2c1OC[C@H](C)CC2. The second kappa shape index (κ2) is 3.64. The van der Waals surface area contributed by atoms with E-state index in [2.05, 4.69) is 25.9 Å². The average molecular weight is 194 g/mol. The van der Waals surface area contributed by atoms with Crippen molar-refractivity contribution in [2.75, 3.05) is 6.61 Å². The maximum absolute atomic E-state index is 5.79. The van der Waals surface area contributed by atoms with E-state index in [-0.39, 0.29) is 0 Å². The van der Waals surface area contributed by atoms with Crippen LogP contribution in [0.3, 0.4) is 0 Å². The number of aryl methyl sites for hydroxylation is 1. The molecule has 0 N–H and O–H groups in total. The first kappa shape index (κ1) is 9.56. The summed E-state index contributed by atoms with van der Waals surface area (Å²) >= 11 is 0. The van der Waals surface area contributed by atoms with Crippen LogP contribution in [-0.2, 0) is 6.54 Å². The van der Waals surface area contributed by atoms with Crippen LogP contribution in [-0.4, -0.2) is 16.4 Å². The van der Waals surface area contributed by atoms with Crippen molar-refractivity contribution in [1.82, 2.24) is 9.78 Å². The molecule has 0 radical (unpaired) electrons. The zero-order valence-electron chi connectivity index (χ0n) is 9.16. The molecule has 1 atom stereocenters. The van der Waals surface area contributed by atoms with Crippen molar-refractivity contribution in [2.24, 2.45) is 5.92 Å². The van der Waals surface area contributed by atoms with Crippen LogP contribution in [0.15, 0.2) is 6.20 Å². The van der Waals surface area contributed by atoms with Crippen LogP contribution in [0.4, 0.5) is 0 Å². The average Bonchev–Trinajstić information content (AvgIpc) is 2.46. The molecule has 0 spiro atoms. The summed E-state index contributed by atoms with van der Waals surface area (Å²) in [7, 11) is 0. The molecule has 3 heteroatoms. The minimum atomic E-state index is 0.493. The number of aromatic nitrogens is 2. The Labute approximate surface area is 85.1 Å². The third-order valence-electron chi connectivity index (χ3n) is 2.78. The zero-order chi connectivity index (χ0) is 10.1. The van der Waals surface area contributed by atoms with Gasteiger partial charge in [-0.15, -0.1) is 0 Å². The van der Waals surface area contributed by atoms with Gasteiger partial charge in [-0.2, -0.15) is 5.10 Å². The van der Waals surface area contributed by atoms with Crippen molar-refractivity contribution in [2.45, 2.75) is 39.7 Å². The molecule has 1 aromatic rings. The zero-order valence-corrected chi connectivity index (χ0v) is 9.16. The Morgan fingerprint density at radius 2 is 2.36 bits per heavy atom. The van der Waals surface area contributed by atoms with Crippen LogP contribution in [0.5, 0.6) is 5.88 Å². The molecule has 0 aromatic carbocycles. The number of hydrogen-bond acceptors (Lipinski definition) is 2. The molecule has 1 aliphatic rings. The monoisotopic (exact) mass is 194 g/mol. The number of rotatable bonds is 1. The fourth-order valence-electron chi connectivity index (χ4n) is 1.75. The molecule has 2 heterocycles. The van der Waals surface area contributed by atoms with Crippen LogP contribution in [0.25, 0.3) is 0 Å². The first-order valence-corrected chi connectivity index (χ1v) is 5.37. The first-order valence-electron chi connectivity index (χ1n) is 5.37. The largest absolute Gasteiger partial charge is 0.477 e. The molecule has 0 aliphatic carbocycles. The molecule has 2 rings (SSSR count). The molecule has 14 heavy (non-hydrogen) atoms. The van der Waals surface area contributed by atoms with Gasteiger partial charge in [-0.25, -0.2) is 4.68 Å². The highest BCUT2D eigenvalue weighted by molar-refractivity contribution is 5.27. The fourth-order valence-corrected chi connectivity index (χ4v) is 1.75. The van der Waals surface area contributed by atoms with E-state index in [0.717, 1.165) is 25.5 Å². The quantitative estimate of drug-likeness (QED) is 0.686. The normalized spacial score (nSPS) is 21.6. The maximum atomic E-state index is 5.79. The molecule has 0 unspecified atom stereocenters. The lowest BCUT2D eigenvalue weighted by Crippen LogP contribution is -2.06. The van der Waals surface area contributed by atoms with Gasteiger partial charge in [-0.05, 0) is 18.3 Å². The van der Waals surface area contributed by atoms with Gasteiger partial charge in [0.25, 0.3) is 0 Å². The molecule has 1 aliphatic heterocycles. The van der Waals surface area contributed by atoms with Crippen molar-refractivity contribution in [3.63, 3.8) is 0 Å². The second-order valence-electron chi connectivity index (χ2n) is 4.49. The highest BCUT2D eigenvalue weighted by atomic mass is 16.5. The Hall–Kier alpha value is -0.990. The van der Waals surface area contributed by atoms with E-state index in [1.54, 1.807) is 0 Å². The van der Waals surface area contributed by atoms with Crippen LogP contribution >= 0.6 is 0 Å². The molecule has 3 nitrogen and oxygen atoms in total. The molecule has 0 saturated heterocycles. The van der Waals surface area contributed by atoms with E-state index in [1.807, 2.05) is 10.9 Å². The minimum absolute atomic E-state index is 0.493. The van der Waals surface area contributed by atoms with Crippen molar-refractivity contribution in [3.8, 4) is 5.88 Å². The molecule has 0 amide bonds. The number of hydrogen-bond donors (Lipinski definition) is 0. The summed E-state index contributed by atoms with van der Waals surface area (Å²) in [5.74, 6) is 2.12.